The second kappa shape index (κ2) is 71.1. The maximum absolute atomic E-state index is 13.0. The Hall–Kier alpha value is -3.41. The predicted molar refractivity (Wildman–Crippen MR) is 362 cm³/mol. The Morgan fingerprint density at radius 2 is 0.470 bits per heavy atom. The van der Waals surface area contributed by atoms with E-state index in [9.17, 15) is 14.4 Å². The summed E-state index contributed by atoms with van der Waals surface area (Å²) >= 11 is 0. The summed E-state index contributed by atoms with van der Waals surface area (Å²) < 4.78 is 17.0. The van der Waals surface area contributed by atoms with Crippen molar-refractivity contribution in [2.45, 2.75) is 374 Å². The lowest BCUT2D eigenvalue weighted by Gasteiger charge is -2.18. The number of carbonyl (C=O) groups is 3. The van der Waals surface area contributed by atoms with Gasteiger partial charge in [0.05, 0.1) is 0 Å². The maximum Gasteiger partial charge on any atom is 0.306 e. The number of rotatable bonds is 66. The highest BCUT2D eigenvalue weighted by Gasteiger charge is 2.19. The van der Waals surface area contributed by atoms with Crippen LogP contribution in [-0.2, 0) is 28.6 Å². The Balaban J connectivity index is 4.23. The first-order valence-corrected chi connectivity index (χ1v) is 36.1. The van der Waals surface area contributed by atoms with Crippen LogP contribution in [0.4, 0.5) is 0 Å². The molecule has 0 rings (SSSR count). The van der Waals surface area contributed by atoms with Gasteiger partial charge >= 0.3 is 17.9 Å². The number of hydrogen-bond donors (Lipinski definition) is 0. The number of ether oxygens (including phenoxy) is 3. The topological polar surface area (TPSA) is 78.9 Å². The van der Waals surface area contributed by atoms with Crippen LogP contribution in [0.25, 0.3) is 0 Å². The van der Waals surface area contributed by atoms with Crippen molar-refractivity contribution in [3.63, 3.8) is 0 Å². The number of carbonyl (C=O) groups excluding carboxylic acids is 3. The molecule has 6 heteroatoms. The van der Waals surface area contributed by atoms with Crippen molar-refractivity contribution in [1.82, 2.24) is 0 Å². The van der Waals surface area contributed by atoms with E-state index in [0.717, 1.165) is 103 Å². The van der Waals surface area contributed by atoms with E-state index in [2.05, 4.69) is 106 Å². The standard InChI is InChI=1S/C77H136O6/c1-4-7-10-13-16-19-22-25-27-29-31-33-34-35-36-37-38-39-40-41-42-44-45-47-49-52-55-58-61-64-67-70-76(79)82-73-74(72-81-75(78)69-66-63-60-57-54-51-24-21-18-15-12-9-6-3)83-77(80)71-68-65-62-59-56-53-50-48-46-43-32-30-28-26-23-20-17-14-11-8-5-2/h7,10,16,19,21,24-25,27,31,33,35-36,38-39,74H,4-6,8-9,11-15,17-18,20,22-23,26,28-30,32,34,37,40-73H2,1-3H3/b10-7-,19-16-,24-21-,27-25-,33-31-,36-35-,39-38-. The minimum Gasteiger partial charge on any atom is -0.462 e. The van der Waals surface area contributed by atoms with Gasteiger partial charge in [-0.1, -0.05) is 337 Å². The van der Waals surface area contributed by atoms with Crippen molar-refractivity contribution in [3.05, 3.63) is 85.1 Å². The molecule has 0 N–H and O–H groups in total. The van der Waals surface area contributed by atoms with Crippen molar-refractivity contribution < 1.29 is 28.6 Å². The molecule has 0 heterocycles. The van der Waals surface area contributed by atoms with Crippen LogP contribution in [0, 0.1) is 0 Å². The molecule has 0 spiro atoms. The molecular weight excluding hydrogens is 1020 g/mol. The zero-order valence-electron chi connectivity index (χ0n) is 55.2. The Kier molecular flexibility index (Phi) is 68.2. The molecule has 0 aromatic carbocycles. The molecule has 6 nitrogen and oxygen atoms in total. The van der Waals surface area contributed by atoms with Gasteiger partial charge in [-0.25, -0.2) is 0 Å². The lowest BCUT2D eigenvalue weighted by Crippen LogP contribution is -2.30. The summed E-state index contributed by atoms with van der Waals surface area (Å²) in [5.74, 6) is -0.864. The van der Waals surface area contributed by atoms with E-state index >= 15 is 0 Å². The molecule has 0 aromatic heterocycles. The second-order valence-corrected chi connectivity index (χ2v) is 24.1. The summed E-state index contributed by atoms with van der Waals surface area (Å²) in [5.41, 5.74) is 0. The highest BCUT2D eigenvalue weighted by atomic mass is 16.6. The average Bonchev–Trinajstić information content (AvgIpc) is 3.49. The van der Waals surface area contributed by atoms with E-state index in [1.165, 1.54) is 225 Å². The van der Waals surface area contributed by atoms with Gasteiger partial charge in [0.1, 0.15) is 13.2 Å². The monoisotopic (exact) mass is 1160 g/mol. The van der Waals surface area contributed by atoms with Gasteiger partial charge in [-0.2, -0.15) is 0 Å². The van der Waals surface area contributed by atoms with E-state index < -0.39 is 6.10 Å². The minimum absolute atomic E-state index is 0.0756. The highest BCUT2D eigenvalue weighted by Crippen LogP contribution is 2.18. The van der Waals surface area contributed by atoms with Gasteiger partial charge in [0, 0.05) is 19.3 Å². The van der Waals surface area contributed by atoms with Gasteiger partial charge in [-0.3, -0.25) is 14.4 Å². The molecule has 0 amide bonds. The lowest BCUT2D eigenvalue weighted by molar-refractivity contribution is -0.167. The zero-order chi connectivity index (χ0) is 59.9. The summed E-state index contributed by atoms with van der Waals surface area (Å²) in [6, 6.07) is 0. The summed E-state index contributed by atoms with van der Waals surface area (Å²) in [7, 11) is 0. The van der Waals surface area contributed by atoms with Crippen LogP contribution < -0.4 is 0 Å². The smallest absolute Gasteiger partial charge is 0.306 e. The van der Waals surface area contributed by atoms with Crippen LogP contribution in [0.2, 0.25) is 0 Å². The molecule has 0 aliphatic rings. The molecule has 0 fully saturated rings. The lowest BCUT2D eigenvalue weighted by atomic mass is 10.0. The van der Waals surface area contributed by atoms with Gasteiger partial charge in [0.25, 0.3) is 0 Å². The van der Waals surface area contributed by atoms with Gasteiger partial charge in [-0.15, -0.1) is 0 Å². The van der Waals surface area contributed by atoms with Gasteiger partial charge in [-0.05, 0) is 96.3 Å². The summed E-state index contributed by atoms with van der Waals surface area (Å²) in [4.78, 5) is 38.4. The molecule has 0 saturated carbocycles. The first kappa shape index (κ1) is 79.6. The molecular formula is C77H136O6. The molecule has 0 saturated heterocycles. The van der Waals surface area contributed by atoms with E-state index in [1.54, 1.807) is 0 Å². The van der Waals surface area contributed by atoms with Crippen LogP contribution in [0.1, 0.15) is 367 Å². The van der Waals surface area contributed by atoms with Gasteiger partial charge in [0.2, 0.25) is 0 Å². The van der Waals surface area contributed by atoms with Crippen molar-refractivity contribution in [2.24, 2.45) is 0 Å². The highest BCUT2D eigenvalue weighted by molar-refractivity contribution is 5.71. The number of unbranched alkanes of at least 4 members (excludes halogenated alkanes) is 41. The Labute approximate surface area is 515 Å². The van der Waals surface area contributed by atoms with Crippen LogP contribution in [0.5, 0.6) is 0 Å². The molecule has 83 heavy (non-hydrogen) atoms. The maximum atomic E-state index is 13.0. The van der Waals surface area contributed by atoms with Crippen molar-refractivity contribution in [3.8, 4) is 0 Å². The second-order valence-electron chi connectivity index (χ2n) is 24.1. The summed E-state index contributed by atoms with van der Waals surface area (Å²) in [6.45, 7) is 6.56. The number of esters is 3. The molecule has 0 bridgehead atoms. The first-order chi connectivity index (χ1) is 41.0. The first-order valence-electron chi connectivity index (χ1n) is 36.1. The fraction of sp³-hybridized carbons (Fsp3) is 0.779. The fourth-order valence-electron chi connectivity index (χ4n) is 10.5. The minimum atomic E-state index is -0.779. The molecule has 0 aliphatic heterocycles. The summed E-state index contributed by atoms with van der Waals surface area (Å²) in [5, 5.41) is 0. The largest absolute Gasteiger partial charge is 0.462 e. The van der Waals surface area contributed by atoms with E-state index in [1.807, 2.05) is 0 Å². The zero-order valence-corrected chi connectivity index (χ0v) is 55.2. The fourth-order valence-corrected chi connectivity index (χ4v) is 10.5. The van der Waals surface area contributed by atoms with Crippen LogP contribution in [0.3, 0.4) is 0 Å². The number of allylic oxidation sites excluding steroid dienone is 14. The van der Waals surface area contributed by atoms with Gasteiger partial charge < -0.3 is 14.2 Å². The van der Waals surface area contributed by atoms with Crippen LogP contribution >= 0.6 is 0 Å². The SMILES string of the molecule is CC/C=C\C/C=C\C/C=C\C/C=C\C/C=C\C/C=C\CCCCCCCCCCCCCCC(=O)OCC(COC(=O)CCCCCCC/C=C\CCCCCC)OC(=O)CCCCCCCCCCCCCCCCCCCCCCC. The van der Waals surface area contributed by atoms with Crippen LogP contribution in [-0.4, -0.2) is 37.2 Å². The van der Waals surface area contributed by atoms with E-state index in [0.29, 0.717) is 19.3 Å². The van der Waals surface area contributed by atoms with Crippen LogP contribution in [0.15, 0.2) is 85.1 Å². The van der Waals surface area contributed by atoms with Crippen molar-refractivity contribution in [1.29, 1.82) is 0 Å². The Morgan fingerprint density at radius 3 is 0.759 bits per heavy atom. The van der Waals surface area contributed by atoms with E-state index in [4.69, 9.17) is 14.2 Å². The predicted octanol–water partition coefficient (Wildman–Crippen LogP) is 25.0. The van der Waals surface area contributed by atoms with E-state index in [-0.39, 0.29) is 31.1 Å². The molecule has 0 aliphatic carbocycles. The average molecular weight is 1160 g/mol. The molecule has 1 unspecified atom stereocenters. The third kappa shape index (κ3) is 69.3. The van der Waals surface area contributed by atoms with Crippen molar-refractivity contribution in [2.75, 3.05) is 13.2 Å². The van der Waals surface area contributed by atoms with Crippen molar-refractivity contribution >= 4 is 17.9 Å². The molecule has 0 aromatic rings. The molecule has 1 atom stereocenters. The van der Waals surface area contributed by atoms with Gasteiger partial charge in [0.15, 0.2) is 6.10 Å². The third-order valence-corrected chi connectivity index (χ3v) is 15.9. The number of hydrogen-bond acceptors (Lipinski definition) is 6. The Bertz CT molecular complexity index is 1570. The summed E-state index contributed by atoms with van der Waals surface area (Å²) in [6.07, 6.45) is 94.7. The third-order valence-electron chi connectivity index (χ3n) is 15.9. The normalized spacial score (nSPS) is 12.6. The molecule has 0 radical (unpaired) electrons. The quantitative estimate of drug-likeness (QED) is 0.0261. The Morgan fingerprint density at radius 1 is 0.253 bits per heavy atom. The molecule has 480 valence electrons.